The standard InChI is InChI=1S/C11H7Cl2N3O2S2/c1-2-3-16-9(18)5(8(17)15-11(16)19)4-6-7(12)14-10(13)20-6/h2,4H,1,3H2,(H,15,17,19). The Kier molecular flexibility index (Phi) is 4.54. The molecule has 0 saturated carbocycles. The van der Waals surface area contributed by atoms with Gasteiger partial charge in [0.1, 0.15) is 10.7 Å². The smallest absolute Gasteiger partial charge is 0.265 e. The van der Waals surface area contributed by atoms with E-state index < -0.39 is 11.8 Å². The fraction of sp³-hybridized carbons (Fsp3) is 0.0909. The summed E-state index contributed by atoms with van der Waals surface area (Å²) in [7, 11) is 0. The maximum absolute atomic E-state index is 12.2. The summed E-state index contributed by atoms with van der Waals surface area (Å²) in [5, 5.41) is 2.61. The van der Waals surface area contributed by atoms with Crippen molar-refractivity contribution in [1.29, 1.82) is 0 Å². The lowest BCUT2D eigenvalue weighted by molar-refractivity contribution is -0.128. The number of thiazole rings is 1. The molecule has 9 heteroatoms. The highest BCUT2D eigenvalue weighted by atomic mass is 35.5. The van der Waals surface area contributed by atoms with Crippen LogP contribution in [-0.4, -0.2) is 33.4 Å². The average Bonchev–Trinajstić information content (AvgIpc) is 2.68. The van der Waals surface area contributed by atoms with Crippen molar-refractivity contribution in [3.8, 4) is 0 Å². The van der Waals surface area contributed by atoms with Gasteiger partial charge in [0, 0.05) is 6.54 Å². The predicted octanol–water partition coefficient (Wildman–Crippen LogP) is 2.26. The normalized spacial score (nSPS) is 17.6. The molecule has 2 rings (SSSR count). The van der Waals surface area contributed by atoms with Crippen molar-refractivity contribution in [2.24, 2.45) is 0 Å². The molecule has 1 aliphatic rings. The van der Waals surface area contributed by atoms with Gasteiger partial charge >= 0.3 is 0 Å². The Morgan fingerprint density at radius 3 is 2.70 bits per heavy atom. The molecule has 1 fully saturated rings. The molecule has 0 spiro atoms. The van der Waals surface area contributed by atoms with Crippen LogP contribution in [0, 0.1) is 0 Å². The van der Waals surface area contributed by atoms with Crippen molar-refractivity contribution in [3.05, 3.63) is 32.7 Å². The van der Waals surface area contributed by atoms with Gasteiger partial charge in [0.2, 0.25) is 0 Å². The number of nitrogens with one attached hydrogen (secondary N) is 1. The molecule has 1 aromatic rings. The predicted molar refractivity (Wildman–Crippen MR) is 82.8 cm³/mol. The second kappa shape index (κ2) is 6.01. The number of rotatable bonds is 3. The zero-order valence-corrected chi connectivity index (χ0v) is 13.0. The second-order valence-electron chi connectivity index (χ2n) is 3.64. The third-order valence-electron chi connectivity index (χ3n) is 2.36. The van der Waals surface area contributed by atoms with E-state index in [1.54, 1.807) is 0 Å². The van der Waals surface area contributed by atoms with E-state index in [4.69, 9.17) is 35.4 Å². The van der Waals surface area contributed by atoms with E-state index in [-0.39, 0.29) is 26.9 Å². The van der Waals surface area contributed by atoms with Crippen LogP contribution < -0.4 is 5.32 Å². The SMILES string of the molecule is C=CCN1C(=O)C(=Cc2sc(Cl)nc2Cl)C(=O)NC1=S. The van der Waals surface area contributed by atoms with Crippen LogP contribution in [0.4, 0.5) is 0 Å². The summed E-state index contributed by atoms with van der Waals surface area (Å²) < 4.78 is 0.226. The number of carbonyl (C=O) groups is 2. The van der Waals surface area contributed by atoms with Gasteiger partial charge in [-0.2, -0.15) is 0 Å². The van der Waals surface area contributed by atoms with Crippen molar-refractivity contribution in [1.82, 2.24) is 15.2 Å². The fourth-order valence-corrected chi connectivity index (χ4v) is 3.05. The molecule has 2 heterocycles. The molecular weight excluding hydrogens is 341 g/mol. The summed E-state index contributed by atoms with van der Waals surface area (Å²) in [5.74, 6) is -1.10. The Bertz CT molecular complexity index is 654. The first kappa shape index (κ1) is 15.1. The van der Waals surface area contributed by atoms with Gasteiger partial charge in [0.25, 0.3) is 11.8 Å². The van der Waals surface area contributed by atoms with Gasteiger partial charge in [-0.1, -0.05) is 29.3 Å². The van der Waals surface area contributed by atoms with Gasteiger partial charge in [0.05, 0.1) is 4.88 Å². The van der Waals surface area contributed by atoms with Crippen LogP contribution in [0.5, 0.6) is 0 Å². The fourth-order valence-electron chi connectivity index (χ4n) is 1.50. The Morgan fingerprint density at radius 2 is 2.15 bits per heavy atom. The average molecular weight is 348 g/mol. The summed E-state index contributed by atoms with van der Waals surface area (Å²) in [6.45, 7) is 3.74. The van der Waals surface area contributed by atoms with Crippen molar-refractivity contribution >= 4 is 69.8 Å². The van der Waals surface area contributed by atoms with Crippen molar-refractivity contribution in [2.75, 3.05) is 6.54 Å². The molecule has 1 N–H and O–H groups in total. The molecule has 1 aliphatic heterocycles. The van der Waals surface area contributed by atoms with Crippen molar-refractivity contribution < 1.29 is 9.59 Å². The lowest BCUT2D eigenvalue weighted by Gasteiger charge is -2.27. The maximum atomic E-state index is 12.2. The minimum atomic E-state index is -0.582. The number of carbonyl (C=O) groups excluding carboxylic acids is 2. The molecule has 0 bridgehead atoms. The van der Waals surface area contributed by atoms with E-state index in [9.17, 15) is 9.59 Å². The highest BCUT2D eigenvalue weighted by Gasteiger charge is 2.32. The molecule has 0 atom stereocenters. The number of aromatic nitrogens is 1. The highest BCUT2D eigenvalue weighted by Crippen LogP contribution is 2.29. The van der Waals surface area contributed by atoms with E-state index in [1.165, 1.54) is 17.1 Å². The Hall–Kier alpha value is -1.28. The number of amides is 2. The Labute approximate surface area is 133 Å². The Balaban J connectivity index is 2.41. The van der Waals surface area contributed by atoms with E-state index >= 15 is 0 Å². The minimum Gasteiger partial charge on any atom is -0.298 e. The first-order chi connectivity index (χ1) is 9.43. The van der Waals surface area contributed by atoms with Crippen LogP contribution in [0.25, 0.3) is 6.08 Å². The van der Waals surface area contributed by atoms with Gasteiger partial charge < -0.3 is 0 Å². The number of nitrogens with zero attached hydrogens (tertiary/aromatic N) is 2. The van der Waals surface area contributed by atoms with E-state index in [1.807, 2.05) is 0 Å². The molecule has 0 radical (unpaired) electrons. The number of thiocarbonyl (C=S) groups is 1. The maximum Gasteiger partial charge on any atom is 0.265 e. The third kappa shape index (κ3) is 2.90. The first-order valence-electron chi connectivity index (χ1n) is 5.25. The van der Waals surface area contributed by atoms with E-state index in [0.717, 1.165) is 11.3 Å². The van der Waals surface area contributed by atoms with Crippen LogP contribution in [0.15, 0.2) is 18.2 Å². The molecule has 1 aromatic heterocycles. The summed E-state index contributed by atoms with van der Waals surface area (Å²) in [4.78, 5) is 29.5. The molecule has 0 aliphatic carbocycles. The highest BCUT2D eigenvalue weighted by molar-refractivity contribution is 7.80. The Morgan fingerprint density at radius 1 is 1.45 bits per heavy atom. The van der Waals surface area contributed by atoms with Gasteiger partial charge in [-0.05, 0) is 18.3 Å². The number of hydrogen-bond donors (Lipinski definition) is 1. The third-order valence-corrected chi connectivity index (χ3v) is 4.19. The zero-order chi connectivity index (χ0) is 14.9. The quantitative estimate of drug-likeness (QED) is 0.394. The van der Waals surface area contributed by atoms with Crippen LogP contribution in [0.2, 0.25) is 9.62 Å². The lowest BCUT2D eigenvalue weighted by Crippen LogP contribution is -2.53. The summed E-state index contributed by atoms with van der Waals surface area (Å²) in [6, 6.07) is 0. The van der Waals surface area contributed by atoms with Crippen LogP contribution in [0.1, 0.15) is 4.88 Å². The van der Waals surface area contributed by atoms with Crippen molar-refractivity contribution in [2.45, 2.75) is 0 Å². The molecular formula is C11H7Cl2N3O2S2. The molecule has 5 nitrogen and oxygen atoms in total. The zero-order valence-electron chi connectivity index (χ0n) is 9.85. The first-order valence-corrected chi connectivity index (χ1v) is 7.23. The van der Waals surface area contributed by atoms with E-state index in [2.05, 4.69) is 16.9 Å². The monoisotopic (exact) mass is 347 g/mol. The molecule has 1 saturated heterocycles. The molecule has 2 amide bonds. The minimum absolute atomic E-state index is 0.0467. The van der Waals surface area contributed by atoms with Gasteiger partial charge in [-0.15, -0.1) is 17.9 Å². The molecule has 20 heavy (non-hydrogen) atoms. The summed E-state index contributed by atoms with van der Waals surface area (Å²) in [5.41, 5.74) is -0.0809. The lowest BCUT2D eigenvalue weighted by atomic mass is 10.1. The summed E-state index contributed by atoms with van der Waals surface area (Å²) in [6.07, 6.45) is 2.86. The van der Waals surface area contributed by atoms with Gasteiger partial charge in [-0.25, -0.2) is 4.98 Å². The largest absolute Gasteiger partial charge is 0.298 e. The van der Waals surface area contributed by atoms with Crippen LogP contribution in [0.3, 0.4) is 0 Å². The molecule has 0 aromatic carbocycles. The number of halogens is 2. The molecule has 0 unspecified atom stereocenters. The van der Waals surface area contributed by atoms with Crippen LogP contribution in [-0.2, 0) is 9.59 Å². The molecule has 104 valence electrons. The summed E-state index contributed by atoms with van der Waals surface area (Å²) >= 11 is 17.6. The topological polar surface area (TPSA) is 62.3 Å². The number of hydrogen-bond acceptors (Lipinski definition) is 5. The van der Waals surface area contributed by atoms with Gasteiger partial charge in [-0.3, -0.25) is 19.8 Å². The van der Waals surface area contributed by atoms with Gasteiger partial charge in [0.15, 0.2) is 9.58 Å². The van der Waals surface area contributed by atoms with Crippen LogP contribution >= 0.6 is 46.8 Å². The van der Waals surface area contributed by atoms with E-state index in [0.29, 0.717) is 4.88 Å². The van der Waals surface area contributed by atoms with Crippen molar-refractivity contribution in [3.63, 3.8) is 0 Å². The second-order valence-corrected chi connectivity index (χ2v) is 6.00.